The van der Waals surface area contributed by atoms with Crippen molar-refractivity contribution >= 4 is 32.3 Å². The Bertz CT molecular complexity index is 403. The van der Waals surface area contributed by atoms with Crippen molar-refractivity contribution in [3.63, 3.8) is 0 Å². The minimum absolute atomic E-state index is 0.210. The Kier molecular flexibility index (Phi) is 7.75. The average molecular weight is 435 g/mol. The summed E-state index contributed by atoms with van der Waals surface area (Å²) in [5, 5.41) is 0. The van der Waals surface area contributed by atoms with Gasteiger partial charge < -0.3 is 9.80 Å². The number of carbonyl (C=O) groups is 2. The first kappa shape index (κ1) is 19.1. The molecule has 1 aliphatic heterocycles. The Labute approximate surface area is 153 Å². The summed E-state index contributed by atoms with van der Waals surface area (Å²) in [6, 6.07) is 0.710. The van der Waals surface area contributed by atoms with Crippen molar-refractivity contribution in [2.75, 3.05) is 46.3 Å². The van der Waals surface area contributed by atoms with Crippen LogP contribution in [-0.4, -0.2) is 76.8 Å². The SMILES string of the molecule is CC(=O)N1CCN(C2CCC(CN(C)CCC(=O)I)CC2)CC1. The second kappa shape index (κ2) is 9.32. The van der Waals surface area contributed by atoms with E-state index in [4.69, 9.17) is 0 Å². The highest BCUT2D eigenvalue weighted by atomic mass is 127. The third-order valence-corrected chi connectivity index (χ3v) is 5.89. The first-order chi connectivity index (χ1) is 11.0. The molecule has 6 heteroatoms. The molecule has 132 valence electrons. The summed E-state index contributed by atoms with van der Waals surface area (Å²) < 4.78 is 0.253. The highest BCUT2D eigenvalue weighted by molar-refractivity contribution is 14.1. The molecule has 0 bridgehead atoms. The zero-order valence-corrected chi connectivity index (χ0v) is 16.6. The van der Waals surface area contributed by atoms with E-state index >= 15 is 0 Å². The summed E-state index contributed by atoms with van der Waals surface area (Å²) in [4.78, 5) is 29.3. The molecule has 1 saturated heterocycles. The Morgan fingerprint density at radius 2 is 1.70 bits per heavy atom. The molecule has 0 aromatic rings. The molecular weight excluding hydrogens is 405 g/mol. The number of hydrogen-bond acceptors (Lipinski definition) is 4. The minimum atomic E-state index is 0.210. The van der Waals surface area contributed by atoms with E-state index in [1.54, 1.807) is 6.92 Å². The molecule has 1 heterocycles. The number of piperazine rings is 1. The molecule has 2 fully saturated rings. The fourth-order valence-electron chi connectivity index (χ4n) is 3.91. The van der Waals surface area contributed by atoms with Crippen molar-refractivity contribution in [2.24, 2.45) is 5.92 Å². The number of amides is 1. The maximum Gasteiger partial charge on any atom is 0.219 e. The fourth-order valence-corrected chi connectivity index (χ4v) is 4.15. The zero-order chi connectivity index (χ0) is 16.8. The van der Waals surface area contributed by atoms with Crippen LogP contribution in [0.2, 0.25) is 0 Å². The predicted molar refractivity (Wildman–Crippen MR) is 101 cm³/mol. The number of hydrogen-bond donors (Lipinski definition) is 0. The van der Waals surface area contributed by atoms with E-state index in [1.165, 1.54) is 25.7 Å². The molecule has 0 spiro atoms. The van der Waals surface area contributed by atoms with E-state index in [2.05, 4.69) is 16.8 Å². The lowest BCUT2D eigenvalue weighted by molar-refractivity contribution is -0.131. The van der Waals surface area contributed by atoms with Crippen molar-refractivity contribution < 1.29 is 9.59 Å². The molecule has 1 aliphatic carbocycles. The Morgan fingerprint density at radius 3 is 2.22 bits per heavy atom. The standard InChI is InChI=1S/C17H30IN3O2/c1-14(22)20-9-11-21(12-10-20)16-5-3-15(4-6-16)13-19(2)8-7-17(18)23/h15-16H,3-13H2,1-2H3. The topological polar surface area (TPSA) is 43.9 Å². The number of nitrogens with zero attached hydrogens (tertiary/aromatic N) is 3. The Hall–Kier alpha value is -0.210. The molecule has 0 N–H and O–H groups in total. The average Bonchev–Trinajstić information content (AvgIpc) is 2.54. The van der Waals surface area contributed by atoms with Crippen molar-refractivity contribution in [1.82, 2.24) is 14.7 Å². The van der Waals surface area contributed by atoms with Gasteiger partial charge in [0.25, 0.3) is 0 Å². The minimum Gasteiger partial charge on any atom is -0.340 e. The zero-order valence-electron chi connectivity index (χ0n) is 14.5. The van der Waals surface area contributed by atoms with Crippen LogP contribution in [0.4, 0.5) is 0 Å². The maximum absolute atomic E-state index is 11.4. The second-order valence-electron chi connectivity index (χ2n) is 7.08. The number of carbonyl (C=O) groups excluding carboxylic acids is 2. The lowest BCUT2D eigenvalue weighted by Crippen LogP contribution is -2.52. The summed E-state index contributed by atoms with van der Waals surface area (Å²) in [6.07, 6.45) is 5.81. The van der Waals surface area contributed by atoms with Gasteiger partial charge in [-0.15, -0.1) is 0 Å². The van der Waals surface area contributed by atoms with E-state index in [1.807, 2.05) is 27.5 Å². The molecule has 1 amide bonds. The number of halogens is 1. The molecule has 2 rings (SSSR count). The maximum atomic E-state index is 11.4. The van der Waals surface area contributed by atoms with Gasteiger partial charge in [0.1, 0.15) is 0 Å². The molecule has 23 heavy (non-hydrogen) atoms. The van der Waals surface area contributed by atoms with E-state index in [9.17, 15) is 9.59 Å². The van der Waals surface area contributed by atoms with E-state index in [0.717, 1.165) is 45.2 Å². The molecular formula is C17H30IN3O2. The van der Waals surface area contributed by atoms with Crippen molar-refractivity contribution in [2.45, 2.75) is 45.1 Å². The molecule has 0 aromatic carbocycles. The van der Waals surface area contributed by atoms with E-state index in [-0.39, 0.29) is 9.70 Å². The van der Waals surface area contributed by atoms with Gasteiger partial charge >= 0.3 is 0 Å². The molecule has 0 aromatic heterocycles. The molecule has 0 radical (unpaired) electrons. The van der Waals surface area contributed by atoms with Crippen molar-refractivity contribution in [3.05, 3.63) is 0 Å². The normalized spacial score (nSPS) is 26.5. The van der Waals surface area contributed by atoms with Crippen LogP contribution in [0.1, 0.15) is 39.0 Å². The van der Waals surface area contributed by atoms with Crippen LogP contribution in [0.15, 0.2) is 0 Å². The lowest BCUT2D eigenvalue weighted by Gasteiger charge is -2.42. The predicted octanol–water partition coefficient (Wildman–Crippen LogP) is 1.99. The quantitative estimate of drug-likeness (QED) is 0.473. The monoisotopic (exact) mass is 435 g/mol. The van der Waals surface area contributed by atoms with Gasteiger partial charge in [0.15, 0.2) is 3.79 Å². The highest BCUT2D eigenvalue weighted by Crippen LogP contribution is 2.28. The van der Waals surface area contributed by atoms with E-state index in [0.29, 0.717) is 12.5 Å². The molecule has 1 saturated carbocycles. The first-order valence-electron chi connectivity index (χ1n) is 8.82. The summed E-state index contributed by atoms with van der Waals surface area (Å²) >= 11 is 1.88. The van der Waals surface area contributed by atoms with Gasteiger partial charge in [0.2, 0.25) is 5.91 Å². The highest BCUT2D eigenvalue weighted by Gasteiger charge is 2.29. The Balaban J connectivity index is 1.66. The van der Waals surface area contributed by atoms with Crippen LogP contribution in [0, 0.1) is 5.92 Å². The van der Waals surface area contributed by atoms with Crippen molar-refractivity contribution in [1.29, 1.82) is 0 Å². The molecule has 2 aliphatic rings. The second-order valence-corrected chi connectivity index (χ2v) is 8.29. The van der Waals surface area contributed by atoms with Crippen LogP contribution in [0.25, 0.3) is 0 Å². The largest absolute Gasteiger partial charge is 0.340 e. The van der Waals surface area contributed by atoms with Gasteiger partial charge in [-0.1, -0.05) is 0 Å². The lowest BCUT2D eigenvalue weighted by atomic mass is 9.84. The van der Waals surface area contributed by atoms with Crippen LogP contribution in [-0.2, 0) is 9.59 Å². The van der Waals surface area contributed by atoms with Crippen molar-refractivity contribution in [3.8, 4) is 0 Å². The fraction of sp³-hybridized carbons (Fsp3) is 0.882. The van der Waals surface area contributed by atoms with Gasteiger partial charge in [-0.05, 0) is 61.2 Å². The Morgan fingerprint density at radius 1 is 1.09 bits per heavy atom. The van der Waals surface area contributed by atoms with Gasteiger partial charge in [-0.3, -0.25) is 14.5 Å². The van der Waals surface area contributed by atoms with Gasteiger partial charge in [-0.25, -0.2) is 0 Å². The van der Waals surface area contributed by atoms with Crippen LogP contribution >= 0.6 is 22.6 Å². The third kappa shape index (κ3) is 6.31. The third-order valence-electron chi connectivity index (χ3n) is 5.35. The van der Waals surface area contributed by atoms with Gasteiger partial charge in [0, 0.05) is 58.7 Å². The number of rotatable bonds is 6. The van der Waals surface area contributed by atoms with Gasteiger partial charge in [0.05, 0.1) is 0 Å². The van der Waals surface area contributed by atoms with E-state index < -0.39 is 0 Å². The molecule has 5 nitrogen and oxygen atoms in total. The first-order valence-corrected chi connectivity index (χ1v) is 9.90. The summed E-state index contributed by atoms with van der Waals surface area (Å²) in [7, 11) is 2.13. The molecule has 0 unspecified atom stereocenters. The van der Waals surface area contributed by atoms with Crippen LogP contribution < -0.4 is 0 Å². The smallest absolute Gasteiger partial charge is 0.219 e. The summed E-state index contributed by atoms with van der Waals surface area (Å²) in [6.45, 7) is 7.52. The van der Waals surface area contributed by atoms with Crippen LogP contribution in [0.3, 0.4) is 0 Å². The summed E-state index contributed by atoms with van der Waals surface area (Å²) in [5.74, 6) is 0.987. The van der Waals surface area contributed by atoms with Gasteiger partial charge in [-0.2, -0.15) is 0 Å². The van der Waals surface area contributed by atoms with Crippen LogP contribution in [0.5, 0.6) is 0 Å². The summed E-state index contributed by atoms with van der Waals surface area (Å²) in [5.41, 5.74) is 0. The molecule has 0 atom stereocenters.